The Bertz CT molecular complexity index is 742. The number of fused-ring (bicyclic) bond motifs is 1. The van der Waals surface area contributed by atoms with E-state index in [1.54, 1.807) is 6.08 Å². The van der Waals surface area contributed by atoms with E-state index >= 15 is 0 Å². The number of hydrogen-bond donors (Lipinski definition) is 0. The minimum atomic E-state index is -0.339. The van der Waals surface area contributed by atoms with E-state index in [1.807, 2.05) is 19.1 Å². The van der Waals surface area contributed by atoms with Gasteiger partial charge in [-0.15, -0.1) is 0 Å². The fourth-order valence-electron chi connectivity index (χ4n) is 3.32. The van der Waals surface area contributed by atoms with Crippen molar-refractivity contribution in [1.82, 2.24) is 0 Å². The molecule has 0 fully saturated rings. The maximum atomic E-state index is 3.46. The molecule has 0 saturated carbocycles. The van der Waals surface area contributed by atoms with Crippen molar-refractivity contribution in [3.8, 4) is 11.1 Å². The predicted octanol–water partition coefficient (Wildman–Crippen LogP) is 6.89. The number of benzene rings is 2. The van der Waals surface area contributed by atoms with Gasteiger partial charge in [-0.25, -0.2) is 0 Å². The van der Waals surface area contributed by atoms with Gasteiger partial charge < -0.3 is 0 Å². The van der Waals surface area contributed by atoms with E-state index in [0.717, 1.165) is 0 Å². The van der Waals surface area contributed by atoms with Crippen LogP contribution in [0.3, 0.4) is 0 Å². The Kier molecular flexibility index (Phi) is 9.13. The van der Waals surface area contributed by atoms with Crippen LogP contribution in [0, 0.1) is 0 Å². The molecule has 127 valence electrons. The summed E-state index contributed by atoms with van der Waals surface area (Å²) in [5.74, 6) is 0. The SMILES string of the molecule is C=CC=CC.CC1=Cc2c(-c3ccccc3)cccc2C1[Si](C)C.[Ti]. The van der Waals surface area contributed by atoms with Gasteiger partial charge in [-0.1, -0.05) is 98.1 Å². The summed E-state index contributed by atoms with van der Waals surface area (Å²) < 4.78 is 0. The van der Waals surface area contributed by atoms with E-state index in [4.69, 9.17) is 0 Å². The summed E-state index contributed by atoms with van der Waals surface area (Å²) in [6, 6.07) is 17.5. The second kappa shape index (κ2) is 10.6. The van der Waals surface area contributed by atoms with Gasteiger partial charge in [0, 0.05) is 21.7 Å². The van der Waals surface area contributed by atoms with Gasteiger partial charge in [-0.3, -0.25) is 0 Å². The minimum absolute atomic E-state index is 0. The molecule has 0 nitrogen and oxygen atoms in total. The molecule has 1 unspecified atom stereocenters. The molecule has 0 aliphatic heterocycles. The van der Waals surface area contributed by atoms with E-state index < -0.39 is 0 Å². The van der Waals surface area contributed by atoms with E-state index in [-0.39, 0.29) is 30.5 Å². The van der Waals surface area contributed by atoms with Gasteiger partial charge >= 0.3 is 0 Å². The van der Waals surface area contributed by atoms with Crippen molar-refractivity contribution in [3.63, 3.8) is 0 Å². The first kappa shape index (κ1) is 21.6. The van der Waals surface area contributed by atoms with Crippen molar-refractivity contribution in [2.24, 2.45) is 0 Å². The molecule has 3 rings (SSSR count). The van der Waals surface area contributed by atoms with Crippen LogP contribution in [-0.2, 0) is 21.7 Å². The number of hydrogen-bond acceptors (Lipinski definition) is 0. The van der Waals surface area contributed by atoms with Crippen molar-refractivity contribution in [1.29, 1.82) is 0 Å². The largest absolute Gasteiger partial charge is 0.0991 e. The van der Waals surface area contributed by atoms with Crippen LogP contribution >= 0.6 is 0 Å². The summed E-state index contributed by atoms with van der Waals surface area (Å²) in [5.41, 5.74) is 7.91. The van der Waals surface area contributed by atoms with Gasteiger partial charge in [0.15, 0.2) is 0 Å². The van der Waals surface area contributed by atoms with Gasteiger partial charge in [0.25, 0.3) is 0 Å². The van der Waals surface area contributed by atoms with Crippen LogP contribution in [0.25, 0.3) is 17.2 Å². The van der Waals surface area contributed by atoms with Crippen molar-refractivity contribution < 1.29 is 21.7 Å². The molecule has 0 amide bonds. The van der Waals surface area contributed by atoms with Crippen LogP contribution < -0.4 is 0 Å². The average molecular weight is 379 g/mol. The van der Waals surface area contributed by atoms with Crippen LogP contribution in [0.15, 0.2) is 78.9 Å². The Morgan fingerprint density at radius 3 is 2.20 bits per heavy atom. The standard InChI is InChI=1S/C18H19Si.C5H8.Ti/c1-13-12-17-15(14-8-5-4-6-9-14)10-7-11-16(17)18(13)19(2)3;1-3-5-4-2;/h4-12,18H,1-3H3;3-5H,1H2,2H3;. The summed E-state index contributed by atoms with van der Waals surface area (Å²) >= 11 is 0. The third-order valence-electron chi connectivity index (χ3n) is 4.27. The van der Waals surface area contributed by atoms with Crippen molar-refractivity contribution in [2.75, 3.05) is 0 Å². The summed E-state index contributed by atoms with van der Waals surface area (Å²) in [4.78, 5) is 0. The zero-order valence-corrected chi connectivity index (χ0v) is 18.3. The van der Waals surface area contributed by atoms with E-state index in [9.17, 15) is 0 Å². The first-order valence-corrected chi connectivity index (χ1v) is 11.1. The molecule has 0 saturated heterocycles. The Morgan fingerprint density at radius 1 is 1.00 bits per heavy atom. The molecule has 1 aliphatic rings. The molecule has 1 radical (unpaired) electrons. The molecular weight excluding hydrogens is 352 g/mol. The van der Waals surface area contributed by atoms with Gasteiger partial charge in [0.1, 0.15) is 0 Å². The number of rotatable bonds is 3. The van der Waals surface area contributed by atoms with Crippen LogP contribution in [-0.4, -0.2) is 8.80 Å². The monoisotopic (exact) mass is 379 g/mol. The molecule has 2 heteroatoms. The Balaban J connectivity index is 0.000000462. The second-order valence-corrected chi connectivity index (χ2v) is 9.07. The average Bonchev–Trinajstić information content (AvgIpc) is 2.93. The van der Waals surface area contributed by atoms with Crippen LogP contribution in [0.1, 0.15) is 30.5 Å². The molecule has 0 aromatic heterocycles. The zero-order chi connectivity index (χ0) is 17.5. The molecular formula is C23H27SiTi. The van der Waals surface area contributed by atoms with Crippen LogP contribution in [0.4, 0.5) is 0 Å². The van der Waals surface area contributed by atoms with E-state index in [2.05, 4.69) is 81.2 Å². The summed E-state index contributed by atoms with van der Waals surface area (Å²) in [7, 11) is -0.339. The van der Waals surface area contributed by atoms with Gasteiger partial charge in [0.05, 0.1) is 8.80 Å². The maximum absolute atomic E-state index is 3.46. The van der Waals surface area contributed by atoms with Crippen molar-refractivity contribution in [3.05, 3.63) is 90.0 Å². The van der Waals surface area contributed by atoms with Gasteiger partial charge in [-0.05, 0) is 41.6 Å². The minimum Gasteiger partial charge on any atom is -0.0991 e. The first-order chi connectivity index (χ1) is 11.6. The predicted molar refractivity (Wildman–Crippen MR) is 111 cm³/mol. The Hall–Kier alpha value is -1.41. The molecule has 25 heavy (non-hydrogen) atoms. The maximum Gasteiger partial charge on any atom is 0.0551 e. The second-order valence-electron chi connectivity index (χ2n) is 6.33. The van der Waals surface area contributed by atoms with E-state index in [1.165, 1.54) is 27.8 Å². The topological polar surface area (TPSA) is 0 Å². The molecule has 1 aliphatic carbocycles. The third-order valence-corrected chi connectivity index (χ3v) is 6.19. The first-order valence-electron chi connectivity index (χ1n) is 8.50. The summed E-state index contributed by atoms with van der Waals surface area (Å²) in [5, 5.41) is 0. The summed E-state index contributed by atoms with van der Waals surface area (Å²) in [6.45, 7) is 12.5. The van der Waals surface area contributed by atoms with Gasteiger partial charge in [-0.2, -0.15) is 0 Å². The molecule has 1 atom stereocenters. The molecule has 2 aromatic rings. The van der Waals surface area contributed by atoms with Crippen LogP contribution in [0.2, 0.25) is 13.1 Å². The quantitative estimate of drug-likeness (QED) is 0.402. The molecule has 2 aromatic carbocycles. The van der Waals surface area contributed by atoms with E-state index in [0.29, 0.717) is 5.54 Å². The number of allylic oxidation sites excluding steroid dienone is 4. The molecule has 0 N–H and O–H groups in total. The Labute approximate surface area is 169 Å². The smallest absolute Gasteiger partial charge is 0.0551 e. The molecule has 0 heterocycles. The molecule has 0 spiro atoms. The Morgan fingerprint density at radius 2 is 1.68 bits per heavy atom. The summed E-state index contributed by atoms with van der Waals surface area (Å²) in [6.07, 6.45) is 7.98. The normalized spacial score (nSPS) is 15.1. The van der Waals surface area contributed by atoms with Crippen molar-refractivity contribution in [2.45, 2.75) is 32.5 Å². The zero-order valence-electron chi connectivity index (χ0n) is 15.7. The van der Waals surface area contributed by atoms with Gasteiger partial charge in [0.2, 0.25) is 0 Å². The van der Waals surface area contributed by atoms with Crippen LogP contribution in [0.5, 0.6) is 0 Å². The van der Waals surface area contributed by atoms with Crippen molar-refractivity contribution >= 4 is 14.9 Å². The fourth-order valence-corrected chi connectivity index (χ4v) is 5.19. The fraction of sp³-hybridized carbons (Fsp3) is 0.217. The molecule has 0 bridgehead atoms. The third kappa shape index (κ3) is 5.28.